The van der Waals surface area contributed by atoms with Crippen molar-refractivity contribution in [2.45, 2.75) is 32.1 Å². The molecule has 0 saturated carbocycles. The number of nitrogens with two attached hydrogens (primary N) is 1. The highest BCUT2D eigenvalue weighted by atomic mass is 32.2. The molecule has 0 amide bonds. The van der Waals surface area contributed by atoms with Gasteiger partial charge in [-0.1, -0.05) is 19.1 Å². The molecule has 0 radical (unpaired) electrons. The highest BCUT2D eigenvalue weighted by Crippen LogP contribution is 2.23. The van der Waals surface area contributed by atoms with Crippen LogP contribution in [0.4, 0.5) is 0 Å². The normalized spacial score (nSPS) is 11.7. The van der Waals surface area contributed by atoms with Crippen LogP contribution in [-0.4, -0.2) is 8.42 Å². The van der Waals surface area contributed by atoms with Crippen molar-refractivity contribution in [2.75, 3.05) is 0 Å². The van der Waals surface area contributed by atoms with Gasteiger partial charge in [-0.25, -0.2) is 0 Å². The molecule has 1 aromatic carbocycles. The van der Waals surface area contributed by atoms with Crippen molar-refractivity contribution in [1.82, 2.24) is 0 Å². The summed E-state index contributed by atoms with van der Waals surface area (Å²) in [5, 5.41) is 0. The van der Waals surface area contributed by atoms with Crippen molar-refractivity contribution in [3.8, 4) is 0 Å². The molecule has 0 aliphatic heterocycles. The predicted molar refractivity (Wildman–Crippen MR) is 57.8 cm³/mol. The van der Waals surface area contributed by atoms with Crippen LogP contribution in [0.3, 0.4) is 0 Å². The molecule has 0 unspecified atom stereocenters. The summed E-state index contributed by atoms with van der Waals surface area (Å²) in [6.07, 6.45) is 0.867. The van der Waals surface area contributed by atoms with Gasteiger partial charge in [-0.15, -0.1) is 0 Å². The van der Waals surface area contributed by atoms with Crippen molar-refractivity contribution in [3.63, 3.8) is 0 Å². The van der Waals surface area contributed by atoms with Crippen LogP contribution in [0.25, 0.3) is 0 Å². The first kappa shape index (κ1) is 12.2. The predicted octanol–water partition coefficient (Wildman–Crippen LogP) is 1.44. The number of benzene rings is 1. The Morgan fingerprint density at radius 3 is 2.07 bits per heavy atom. The fourth-order valence-corrected chi connectivity index (χ4v) is 2.69. The van der Waals surface area contributed by atoms with E-state index in [2.05, 4.69) is 4.28 Å². The molecule has 0 atom stereocenters. The Bertz CT molecular complexity index is 443. The molecular formula is C10H15NO3S. The lowest BCUT2D eigenvalue weighted by molar-refractivity contribution is 0.332. The smallest absolute Gasteiger partial charge is 0.197 e. The van der Waals surface area contributed by atoms with Gasteiger partial charge in [-0.05, 0) is 37.0 Å². The third-order valence-electron chi connectivity index (χ3n) is 2.31. The summed E-state index contributed by atoms with van der Waals surface area (Å²) in [6, 6.07) is 3.66. The van der Waals surface area contributed by atoms with E-state index in [4.69, 9.17) is 5.90 Å². The van der Waals surface area contributed by atoms with Gasteiger partial charge >= 0.3 is 10.1 Å². The summed E-state index contributed by atoms with van der Waals surface area (Å²) >= 11 is 0. The van der Waals surface area contributed by atoms with Gasteiger partial charge in [0.25, 0.3) is 0 Å². The highest BCUT2D eigenvalue weighted by molar-refractivity contribution is 7.86. The second-order valence-electron chi connectivity index (χ2n) is 3.46. The Morgan fingerprint density at radius 1 is 1.27 bits per heavy atom. The van der Waals surface area contributed by atoms with Gasteiger partial charge in [0.05, 0.1) is 0 Å². The monoisotopic (exact) mass is 229 g/mol. The Balaban J connectivity index is 3.45. The maximum Gasteiger partial charge on any atom is 0.313 e. The summed E-state index contributed by atoms with van der Waals surface area (Å²) in [5.74, 6) is 4.76. The largest absolute Gasteiger partial charge is 0.313 e. The van der Waals surface area contributed by atoms with Gasteiger partial charge in [0.2, 0.25) is 0 Å². The zero-order chi connectivity index (χ0) is 11.6. The van der Waals surface area contributed by atoms with Crippen molar-refractivity contribution < 1.29 is 12.7 Å². The van der Waals surface area contributed by atoms with Gasteiger partial charge in [-0.3, -0.25) is 0 Å². The van der Waals surface area contributed by atoms with E-state index in [-0.39, 0.29) is 4.90 Å². The number of aryl methyl sites for hydroxylation is 3. The van der Waals surface area contributed by atoms with Crippen LogP contribution >= 0.6 is 0 Å². The first-order valence-corrected chi connectivity index (χ1v) is 6.06. The standard InChI is InChI=1S/C10H15NO3S/c1-4-9-5-7(2)10(8(3)6-9)15(12,13)14-11/h5-6H,4,11H2,1-3H3. The fourth-order valence-electron chi connectivity index (χ4n) is 1.69. The lowest BCUT2D eigenvalue weighted by atomic mass is 10.1. The van der Waals surface area contributed by atoms with Crippen LogP contribution in [0.2, 0.25) is 0 Å². The molecule has 0 aromatic heterocycles. The molecule has 4 nitrogen and oxygen atoms in total. The maximum atomic E-state index is 11.5. The lowest BCUT2D eigenvalue weighted by Gasteiger charge is -2.10. The Kier molecular flexibility index (Phi) is 3.49. The molecule has 0 saturated heterocycles. The summed E-state index contributed by atoms with van der Waals surface area (Å²) in [7, 11) is -3.81. The Hall–Kier alpha value is -0.910. The molecule has 2 N–H and O–H groups in total. The van der Waals surface area contributed by atoms with E-state index in [0.717, 1.165) is 12.0 Å². The molecular weight excluding hydrogens is 214 g/mol. The van der Waals surface area contributed by atoms with Gasteiger partial charge in [0.1, 0.15) is 4.90 Å². The average molecular weight is 229 g/mol. The Labute approximate surface area is 90.1 Å². The van der Waals surface area contributed by atoms with Crippen molar-refractivity contribution >= 4 is 10.1 Å². The minimum Gasteiger partial charge on any atom is -0.197 e. The second-order valence-corrected chi connectivity index (χ2v) is 4.97. The van der Waals surface area contributed by atoms with Gasteiger partial charge < -0.3 is 0 Å². The summed E-state index contributed by atoms with van der Waals surface area (Å²) in [6.45, 7) is 5.48. The summed E-state index contributed by atoms with van der Waals surface area (Å²) in [4.78, 5) is 0.169. The van der Waals surface area contributed by atoms with Crippen LogP contribution in [0, 0.1) is 13.8 Å². The number of rotatable bonds is 3. The minimum absolute atomic E-state index is 0.169. The molecule has 0 fully saturated rings. The van der Waals surface area contributed by atoms with E-state index in [0.29, 0.717) is 11.1 Å². The van der Waals surface area contributed by atoms with Crippen LogP contribution in [0.5, 0.6) is 0 Å². The van der Waals surface area contributed by atoms with E-state index in [1.54, 1.807) is 13.8 Å². The highest BCUT2D eigenvalue weighted by Gasteiger charge is 2.19. The molecule has 0 aliphatic carbocycles. The minimum atomic E-state index is -3.81. The summed E-state index contributed by atoms with van der Waals surface area (Å²) < 4.78 is 27.0. The first-order valence-electron chi connectivity index (χ1n) is 4.66. The van der Waals surface area contributed by atoms with Crippen molar-refractivity contribution in [2.24, 2.45) is 5.90 Å². The third kappa shape index (κ3) is 2.37. The molecule has 0 aliphatic rings. The summed E-state index contributed by atoms with van der Waals surface area (Å²) in [5.41, 5.74) is 2.43. The molecule has 84 valence electrons. The van der Waals surface area contributed by atoms with Crippen LogP contribution in [-0.2, 0) is 20.8 Å². The van der Waals surface area contributed by atoms with E-state index < -0.39 is 10.1 Å². The lowest BCUT2D eigenvalue weighted by Crippen LogP contribution is -2.14. The quantitative estimate of drug-likeness (QED) is 0.796. The Morgan fingerprint density at radius 2 is 1.73 bits per heavy atom. The van der Waals surface area contributed by atoms with Gasteiger partial charge in [0.15, 0.2) is 0 Å². The first-order chi connectivity index (χ1) is 6.92. The number of hydrogen-bond acceptors (Lipinski definition) is 4. The average Bonchev–Trinajstić information content (AvgIpc) is 2.16. The maximum absolute atomic E-state index is 11.5. The van der Waals surface area contributed by atoms with Crippen molar-refractivity contribution in [3.05, 3.63) is 28.8 Å². The molecule has 0 bridgehead atoms. The fraction of sp³-hybridized carbons (Fsp3) is 0.400. The van der Waals surface area contributed by atoms with Crippen LogP contribution in [0.15, 0.2) is 17.0 Å². The van der Waals surface area contributed by atoms with Crippen molar-refractivity contribution in [1.29, 1.82) is 0 Å². The zero-order valence-corrected chi connectivity index (χ0v) is 9.89. The van der Waals surface area contributed by atoms with Crippen LogP contribution < -0.4 is 5.90 Å². The molecule has 5 heteroatoms. The third-order valence-corrected chi connectivity index (χ3v) is 3.70. The van der Waals surface area contributed by atoms with Gasteiger partial charge in [-0.2, -0.15) is 18.6 Å². The van der Waals surface area contributed by atoms with E-state index in [1.807, 2.05) is 19.1 Å². The SMILES string of the molecule is CCc1cc(C)c(S(=O)(=O)ON)c(C)c1. The second kappa shape index (κ2) is 4.30. The topological polar surface area (TPSA) is 69.4 Å². The van der Waals surface area contributed by atoms with E-state index in [1.165, 1.54) is 0 Å². The van der Waals surface area contributed by atoms with Crippen LogP contribution in [0.1, 0.15) is 23.6 Å². The molecule has 0 heterocycles. The van der Waals surface area contributed by atoms with E-state index >= 15 is 0 Å². The molecule has 0 spiro atoms. The van der Waals surface area contributed by atoms with E-state index in [9.17, 15) is 8.42 Å². The number of hydrogen-bond donors (Lipinski definition) is 1. The van der Waals surface area contributed by atoms with Gasteiger partial charge in [0, 0.05) is 0 Å². The zero-order valence-electron chi connectivity index (χ0n) is 9.07. The molecule has 1 aromatic rings. The molecule has 1 rings (SSSR count). The molecule has 15 heavy (non-hydrogen) atoms.